The fourth-order valence-corrected chi connectivity index (χ4v) is 4.60. The van der Waals surface area contributed by atoms with Crippen molar-refractivity contribution in [3.63, 3.8) is 0 Å². The molecule has 2 aliphatic rings. The molecule has 2 saturated heterocycles. The minimum atomic E-state index is -0.117. The molecule has 1 aromatic rings. The zero-order chi connectivity index (χ0) is 19.7. The molecule has 0 spiro atoms. The molecule has 0 radical (unpaired) electrons. The second-order valence-electron chi connectivity index (χ2n) is 9.13. The Morgan fingerprint density at radius 2 is 1.89 bits per heavy atom. The summed E-state index contributed by atoms with van der Waals surface area (Å²) < 4.78 is 5.29. The lowest BCUT2D eigenvalue weighted by atomic mass is 9.79. The summed E-state index contributed by atoms with van der Waals surface area (Å²) in [6, 6.07) is 0.109. The van der Waals surface area contributed by atoms with Crippen LogP contribution in [-0.4, -0.2) is 53.2 Å². The van der Waals surface area contributed by atoms with E-state index < -0.39 is 0 Å². The van der Waals surface area contributed by atoms with Crippen molar-refractivity contribution in [3.8, 4) is 0 Å². The first kappa shape index (κ1) is 20.0. The van der Waals surface area contributed by atoms with Gasteiger partial charge in [0.2, 0.25) is 5.95 Å². The number of nitrogens with zero attached hydrogens (tertiary/aromatic N) is 3. The summed E-state index contributed by atoms with van der Waals surface area (Å²) in [7, 11) is 1.62. The van der Waals surface area contributed by atoms with Gasteiger partial charge in [-0.25, -0.2) is 9.97 Å². The number of carbonyl (C=O) groups excluding carboxylic acids is 1. The maximum absolute atomic E-state index is 13.0. The summed E-state index contributed by atoms with van der Waals surface area (Å²) in [6.07, 6.45) is 5.74. The van der Waals surface area contributed by atoms with Crippen LogP contribution in [0, 0.1) is 0 Å². The first-order valence-electron chi connectivity index (χ1n) is 9.89. The predicted octanol–water partition coefficient (Wildman–Crippen LogP) is 2.26. The van der Waals surface area contributed by atoms with E-state index in [9.17, 15) is 4.79 Å². The van der Waals surface area contributed by atoms with Gasteiger partial charge in [0.25, 0.3) is 5.91 Å². The summed E-state index contributed by atoms with van der Waals surface area (Å²) in [5.41, 5.74) is 1.12. The van der Waals surface area contributed by atoms with E-state index in [1.54, 1.807) is 13.3 Å². The average molecular weight is 376 g/mol. The lowest BCUT2D eigenvalue weighted by Crippen LogP contribution is -2.62. The van der Waals surface area contributed by atoms with Gasteiger partial charge in [0.1, 0.15) is 0 Å². The topological polar surface area (TPSA) is 79.4 Å². The lowest BCUT2D eigenvalue weighted by Gasteiger charge is -2.46. The number of carbonyl (C=O) groups is 1. The summed E-state index contributed by atoms with van der Waals surface area (Å²) >= 11 is 0. The second kappa shape index (κ2) is 7.72. The minimum absolute atomic E-state index is 0.0227. The molecular weight excluding hydrogens is 342 g/mol. The van der Waals surface area contributed by atoms with Crippen molar-refractivity contribution in [2.75, 3.05) is 25.1 Å². The van der Waals surface area contributed by atoms with E-state index in [0.29, 0.717) is 23.8 Å². The summed E-state index contributed by atoms with van der Waals surface area (Å²) in [4.78, 5) is 24.2. The first-order valence-corrected chi connectivity index (χ1v) is 9.89. The van der Waals surface area contributed by atoms with Crippen LogP contribution in [0.15, 0.2) is 6.20 Å². The normalized spacial score (nSPS) is 22.0. The number of hydrogen-bond acceptors (Lipinski definition) is 6. The van der Waals surface area contributed by atoms with Crippen LogP contribution in [0.25, 0.3) is 0 Å². The molecule has 3 rings (SSSR count). The van der Waals surface area contributed by atoms with Crippen LogP contribution in [0.1, 0.15) is 69.4 Å². The predicted molar refractivity (Wildman–Crippen MR) is 106 cm³/mol. The summed E-state index contributed by atoms with van der Waals surface area (Å²) in [5, 5.41) is 6.85. The third-order valence-corrected chi connectivity index (χ3v) is 5.29. The van der Waals surface area contributed by atoms with Gasteiger partial charge in [-0.2, -0.15) is 0 Å². The number of ether oxygens (including phenoxy) is 1. The maximum Gasteiger partial charge on any atom is 0.255 e. The van der Waals surface area contributed by atoms with Crippen LogP contribution in [-0.2, 0) is 11.3 Å². The van der Waals surface area contributed by atoms with Crippen molar-refractivity contribution in [2.24, 2.45) is 0 Å². The van der Waals surface area contributed by atoms with Gasteiger partial charge in [-0.3, -0.25) is 4.79 Å². The number of piperidine rings is 1. The molecule has 7 heteroatoms. The monoisotopic (exact) mass is 375 g/mol. The van der Waals surface area contributed by atoms with Crippen molar-refractivity contribution in [2.45, 2.75) is 77.1 Å². The highest BCUT2D eigenvalue weighted by Gasteiger charge is 2.38. The molecule has 0 atom stereocenters. The van der Waals surface area contributed by atoms with Gasteiger partial charge in [-0.1, -0.05) is 0 Å². The fourth-order valence-electron chi connectivity index (χ4n) is 4.60. The van der Waals surface area contributed by atoms with Crippen molar-refractivity contribution in [3.05, 3.63) is 17.5 Å². The van der Waals surface area contributed by atoms with Crippen molar-refractivity contribution >= 4 is 11.9 Å². The molecule has 0 aliphatic carbocycles. The molecule has 1 amide bonds. The molecule has 2 aliphatic heterocycles. The Morgan fingerprint density at radius 1 is 1.26 bits per heavy atom. The van der Waals surface area contributed by atoms with E-state index in [-0.39, 0.29) is 23.0 Å². The van der Waals surface area contributed by atoms with E-state index in [0.717, 1.165) is 38.8 Å². The van der Waals surface area contributed by atoms with E-state index in [2.05, 4.69) is 53.2 Å². The molecule has 1 aromatic heterocycles. The Balaban J connectivity index is 1.77. The third-order valence-electron chi connectivity index (χ3n) is 5.29. The highest BCUT2D eigenvalue weighted by molar-refractivity contribution is 5.95. The number of anilines is 1. The number of aromatic nitrogens is 2. The number of amides is 1. The maximum atomic E-state index is 13.0. The number of methoxy groups -OCH3 is 1. The van der Waals surface area contributed by atoms with Crippen LogP contribution in [0.5, 0.6) is 0 Å². The van der Waals surface area contributed by atoms with Crippen LogP contribution in [0.4, 0.5) is 5.95 Å². The van der Waals surface area contributed by atoms with Crippen LogP contribution < -0.4 is 15.5 Å². The lowest BCUT2D eigenvalue weighted by molar-refractivity contribution is 0.0867. The number of hydrogen-bond donors (Lipinski definition) is 2. The quantitative estimate of drug-likeness (QED) is 0.822. The van der Waals surface area contributed by atoms with Crippen LogP contribution in [0.3, 0.4) is 0 Å². The van der Waals surface area contributed by atoms with Gasteiger partial charge in [0.15, 0.2) is 0 Å². The van der Waals surface area contributed by atoms with Crippen LogP contribution in [0.2, 0.25) is 0 Å². The van der Waals surface area contributed by atoms with E-state index in [1.807, 2.05) is 0 Å². The summed E-state index contributed by atoms with van der Waals surface area (Å²) in [6.45, 7) is 11.0. The largest absolute Gasteiger partial charge is 0.378 e. The van der Waals surface area contributed by atoms with Gasteiger partial charge >= 0.3 is 0 Å². The van der Waals surface area contributed by atoms with Crippen molar-refractivity contribution in [1.29, 1.82) is 0 Å². The minimum Gasteiger partial charge on any atom is -0.378 e. The highest BCUT2D eigenvalue weighted by atomic mass is 16.5. The standard InChI is InChI=1S/C20H33N5O2/c1-19(2)10-14(11-20(3,4)24-19)22-17(26)15-12-21-18(23-16(15)13-27-5)25-8-6-7-9-25/h12,14,24H,6-11,13H2,1-5H3,(H,22,26). The number of nitrogens with one attached hydrogen (secondary N) is 2. The Kier molecular flexibility index (Phi) is 5.72. The van der Waals surface area contributed by atoms with E-state index >= 15 is 0 Å². The third kappa shape index (κ3) is 4.96. The SMILES string of the molecule is COCc1nc(N2CCCC2)ncc1C(=O)NC1CC(C)(C)NC(C)(C)C1. The zero-order valence-corrected chi connectivity index (χ0v) is 17.3. The van der Waals surface area contributed by atoms with E-state index in [1.165, 1.54) is 0 Å². The van der Waals surface area contributed by atoms with Crippen molar-refractivity contribution < 1.29 is 9.53 Å². The highest BCUT2D eigenvalue weighted by Crippen LogP contribution is 2.29. The van der Waals surface area contributed by atoms with Gasteiger partial charge in [-0.05, 0) is 53.4 Å². The molecule has 0 bridgehead atoms. The second-order valence-corrected chi connectivity index (χ2v) is 9.13. The molecular formula is C20H33N5O2. The molecule has 7 nitrogen and oxygen atoms in total. The molecule has 2 N–H and O–H groups in total. The molecule has 27 heavy (non-hydrogen) atoms. The Morgan fingerprint density at radius 3 is 2.48 bits per heavy atom. The Labute approximate surface area is 162 Å². The Hall–Kier alpha value is -1.73. The fraction of sp³-hybridized carbons (Fsp3) is 0.750. The number of rotatable bonds is 5. The molecule has 3 heterocycles. The molecule has 0 unspecified atom stereocenters. The summed E-state index contributed by atoms with van der Waals surface area (Å²) in [5.74, 6) is 0.578. The smallest absolute Gasteiger partial charge is 0.255 e. The van der Waals surface area contributed by atoms with Gasteiger partial charge in [-0.15, -0.1) is 0 Å². The Bertz CT molecular complexity index is 667. The molecule has 2 fully saturated rings. The molecule has 150 valence electrons. The first-order chi connectivity index (χ1) is 12.7. The molecule has 0 aromatic carbocycles. The van der Waals surface area contributed by atoms with Crippen molar-refractivity contribution in [1.82, 2.24) is 20.6 Å². The van der Waals surface area contributed by atoms with E-state index in [4.69, 9.17) is 4.74 Å². The van der Waals surface area contributed by atoms with Gasteiger partial charge < -0.3 is 20.3 Å². The molecule has 0 saturated carbocycles. The van der Waals surface area contributed by atoms with Gasteiger partial charge in [0, 0.05) is 43.5 Å². The zero-order valence-electron chi connectivity index (χ0n) is 17.3. The van der Waals surface area contributed by atoms with Gasteiger partial charge in [0.05, 0.1) is 17.9 Å². The average Bonchev–Trinajstić information content (AvgIpc) is 3.06. The van der Waals surface area contributed by atoms with Crippen LogP contribution >= 0.6 is 0 Å².